The van der Waals surface area contributed by atoms with Crippen molar-refractivity contribution in [1.29, 1.82) is 0 Å². The summed E-state index contributed by atoms with van der Waals surface area (Å²) in [6, 6.07) is 25.5. The first-order valence-corrected chi connectivity index (χ1v) is 11.8. The van der Waals surface area contributed by atoms with Crippen LogP contribution < -0.4 is 14.8 Å². The van der Waals surface area contributed by atoms with E-state index in [9.17, 15) is 14.4 Å². The summed E-state index contributed by atoms with van der Waals surface area (Å²) in [5, 5.41) is 2.90. The zero-order valence-electron chi connectivity index (χ0n) is 19.8. The number of amides is 2. The van der Waals surface area contributed by atoms with E-state index in [2.05, 4.69) is 5.32 Å². The Morgan fingerprint density at radius 2 is 1.33 bits per heavy atom. The summed E-state index contributed by atoms with van der Waals surface area (Å²) in [5.74, 6) is 0.723. The molecule has 0 saturated carbocycles. The first kappa shape index (κ1) is 24.8. The fraction of sp³-hybridized carbons (Fsp3) is 0.250. The summed E-state index contributed by atoms with van der Waals surface area (Å²) in [6.45, 7) is 0.217. The van der Waals surface area contributed by atoms with Crippen LogP contribution in [0, 0.1) is 5.92 Å². The Hall–Kier alpha value is -4.33. The highest BCUT2D eigenvalue weighted by Crippen LogP contribution is 2.23. The topological polar surface area (TPSA) is 94.2 Å². The number of anilines is 1. The predicted molar refractivity (Wildman–Crippen MR) is 134 cm³/mol. The van der Waals surface area contributed by atoms with E-state index in [1.54, 1.807) is 29.2 Å². The molecular formula is C28H28N2O6. The molecule has 1 fully saturated rings. The lowest BCUT2D eigenvalue weighted by molar-refractivity contribution is -0.154. The molecule has 1 aliphatic rings. The molecule has 186 valence electrons. The first-order valence-electron chi connectivity index (χ1n) is 11.8. The minimum atomic E-state index is -0.634. The Labute approximate surface area is 209 Å². The van der Waals surface area contributed by atoms with E-state index in [0.29, 0.717) is 37.4 Å². The quantitative estimate of drug-likeness (QED) is 0.452. The van der Waals surface area contributed by atoms with Gasteiger partial charge < -0.3 is 24.4 Å². The second-order valence-electron chi connectivity index (χ2n) is 8.35. The van der Waals surface area contributed by atoms with E-state index in [1.165, 1.54) is 0 Å². The Morgan fingerprint density at radius 1 is 0.750 bits per heavy atom. The highest BCUT2D eigenvalue weighted by Gasteiger charge is 2.27. The van der Waals surface area contributed by atoms with E-state index in [0.717, 1.165) is 11.4 Å². The van der Waals surface area contributed by atoms with Gasteiger partial charge in [-0.2, -0.15) is 0 Å². The molecule has 1 heterocycles. The molecule has 4 rings (SSSR count). The van der Waals surface area contributed by atoms with Gasteiger partial charge in [-0.15, -0.1) is 0 Å². The van der Waals surface area contributed by atoms with E-state index in [-0.39, 0.29) is 30.9 Å². The average Bonchev–Trinajstić information content (AvgIpc) is 2.92. The number of hydrogen-bond acceptors (Lipinski definition) is 6. The van der Waals surface area contributed by atoms with Crippen LogP contribution >= 0.6 is 0 Å². The average molecular weight is 489 g/mol. The summed E-state index contributed by atoms with van der Waals surface area (Å²) < 4.78 is 16.2. The summed E-state index contributed by atoms with van der Waals surface area (Å²) in [6.07, 6.45) is 1.12. The van der Waals surface area contributed by atoms with E-state index in [4.69, 9.17) is 14.2 Å². The van der Waals surface area contributed by atoms with Crippen LogP contribution in [0.5, 0.6) is 17.2 Å². The Morgan fingerprint density at radius 3 is 2.00 bits per heavy atom. The molecule has 1 saturated heterocycles. The third-order valence-corrected chi connectivity index (χ3v) is 5.78. The van der Waals surface area contributed by atoms with Gasteiger partial charge in [0.2, 0.25) is 5.91 Å². The molecule has 0 aromatic heterocycles. The minimum absolute atomic E-state index is 0.0449. The van der Waals surface area contributed by atoms with Crippen LogP contribution in [0.3, 0.4) is 0 Å². The number of likely N-dealkylation sites (tertiary alicyclic amines) is 1. The fourth-order valence-electron chi connectivity index (χ4n) is 3.80. The first-order chi connectivity index (χ1) is 17.6. The highest BCUT2D eigenvalue weighted by molar-refractivity contribution is 5.92. The van der Waals surface area contributed by atoms with Gasteiger partial charge in [-0.3, -0.25) is 9.59 Å². The largest absolute Gasteiger partial charge is 0.482 e. The second-order valence-corrected chi connectivity index (χ2v) is 8.35. The molecule has 2 amide bonds. The third kappa shape index (κ3) is 7.33. The molecule has 0 spiro atoms. The number of carbonyl (C=O) groups excluding carboxylic acids is 3. The maximum absolute atomic E-state index is 12.4. The zero-order valence-corrected chi connectivity index (χ0v) is 19.8. The van der Waals surface area contributed by atoms with Gasteiger partial charge in [0.1, 0.15) is 17.2 Å². The third-order valence-electron chi connectivity index (χ3n) is 5.78. The number of ether oxygens (including phenoxy) is 3. The van der Waals surface area contributed by atoms with Crippen molar-refractivity contribution in [3.8, 4) is 17.2 Å². The van der Waals surface area contributed by atoms with Crippen molar-refractivity contribution in [2.75, 3.05) is 31.6 Å². The summed E-state index contributed by atoms with van der Waals surface area (Å²) in [7, 11) is 0. The van der Waals surface area contributed by atoms with Crippen molar-refractivity contribution in [2.45, 2.75) is 12.8 Å². The molecule has 3 aromatic carbocycles. The molecule has 0 aliphatic carbocycles. The van der Waals surface area contributed by atoms with Gasteiger partial charge >= 0.3 is 5.97 Å². The van der Waals surface area contributed by atoms with Crippen LogP contribution in [0.25, 0.3) is 0 Å². The molecule has 1 N–H and O–H groups in total. The Bertz CT molecular complexity index is 1140. The van der Waals surface area contributed by atoms with Gasteiger partial charge in [-0.25, -0.2) is 4.79 Å². The van der Waals surface area contributed by atoms with Gasteiger partial charge in [-0.1, -0.05) is 36.4 Å². The summed E-state index contributed by atoms with van der Waals surface area (Å²) >= 11 is 0. The van der Waals surface area contributed by atoms with Crippen LogP contribution in [0.4, 0.5) is 5.69 Å². The molecular weight excluding hydrogens is 460 g/mol. The van der Waals surface area contributed by atoms with Crippen LogP contribution in [0.1, 0.15) is 12.8 Å². The van der Waals surface area contributed by atoms with Crippen molar-refractivity contribution in [1.82, 2.24) is 4.90 Å². The SMILES string of the molecule is O=C(COc1ccc(Oc2ccccc2)cc1)OCC(=O)N1CCC(C(=O)Nc2ccccc2)CC1. The van der Waals surface area contributed by atoms with Crippen LogP contribution in [0.15, 0.2) is 84.9 Å². The lowest BCUT2D eigenvalue weighted by atomic mass is 9.95. The summed E-state index contributed by atoms with van der Waals surface area (Å²) in [4.78, 5) is 38.5. The zero-order chi connectivity index (χ0) is 25.2. The number of nitrogens with zero attached hydrogens (tertiary/aromatic N) is 1. The smallest absolute Gasteiger partial charge is 0.344 e. The molecule has 0 unspecified atom stereocenters. The molecule has 36 heavy (non-hydrogen) atoms. The predicted octanol–water partition coefficient (Wildman–Crippen LogP) is 4.28. The second kappa shape index (κ2) is 12.4. The number of para-hydroxylation sites is 2. The fourth-order valence-corrected chi connectivity index (χ4v) is 3.80. The maximum Gasteiger partial charge on any atom is 0.344 e. The number of rotatable bonds is 9. The number of carbonyl (C=O) groups is 3. The normalized spacial score (nSPS) is 13.5. The van der Waals surface area contributed by atoms with Gasteiger partial charge in [-0.05, 0) is 61.4 Å². The van der Waals surface area contributed by atoms with Gasteiger partial charge in [0.15, 0.2) is 13.2 Å². The van der Waals surface area contributed by atoms with Crippen molar-refractivity contribution >= 4 is 23.5 Å². The number of esters is 1. The molecule has 1 aliphatic heterocycles. The van der Waals surface area contributed by atoms with E-state index >= 15 is 0 Å². The standard InChI is InChI=1S/C28H28N2O6/c31-26(30-17-15-21(16-18-30)28(33)29-22-7-3-1-4-8-22)19-35-27(32)20-34-23-11-13-25(14-12-23)36-24-9-5-2-6-10-24/h1-14,21H,15-20H2,(H,29,33). The number of hydrogen-bond donors (Lipinski definition) is 1. The van der Waals surface area contributed by atoms with Gasteiger partial charge in [0.05, 0.1) is 0 Å². The molecule has 3 aromatic rings. The molecule has 0 radical (unpaired) electrons. The molecule has 8 heteroatoms. The summed E-state index contributed by atoms with van der Waals surface area (Å²) in [5.41, 5.74) is 0.756. The Balaban J connectivity index is 1.13. The number of piperidine rings is 1. The van der Waals surface area contributed by atoms with Crippen molar-refractivity contribution < 1.29 is 28.6 Å². The monoisotopic (exact) mass is 488 g/mol. The number of nitrogens with one attached hydrogen (secondary N) is 1. The van der Waals surface area contributed by atoms with Crippen molar-refractivity contribution in [3.05, 3.63) is 84.9 Å². The number of benzene rings is 3. The highest BCUT2D eigenvalue weighted by atomic mass is 16.6. The van der Waals surface area contributed by atoms with Crippen LogP contribution in [0.2, 0.25) is 0 Å². The minimum Gasteiger partial charge on any atom is -0.482 e. The maximum atomic E-state index is 12.4. The van der Waals surface area contributed by atoms with Crippen LogP contribution in [-0.4, -0.2) is 49.0 Å². The lowest BCUT2D eigenvalue weighted by Gasteiger charge is -2.31. The molecule has 0 atom stereocenters. The van der Waals surface area contributed by atoms with Gasteiger partial charge in [0.25, 0.3) is 5.91 Å². The molecule has 8 nitrogen and oxygen atoms in total. The molecule has 0 bridgehead atoms. The van der Waals surface area contributed by atoms with Crippen LogP contribution in [-0.2, 0) is 19.1 Å². The van der Waals surface area contributed by atoms with E-state index < -0.39 is 5.97 Å². The lowest BCUT2D eigenvalue weighted by Crippen LogP contribution is -2.43. The Kier molecular flexibility index (Phi) is 8.53. The van der Waals surface area contributed by atoms with Crippen molar-refractivity contribution in [3.63, 3.8) is 0 Å². The van der Waals surface area contributed by atoms with E-state index in [1.807, 2.05) is 60.7 Å². The van der Waals surface area contributed by atoms with Crippen molar-refractivity contribution in [2.24, 2.45) is 5.92 Å². The van der Waals surface area contributed by atoms with Gasteiger partial charge in [0, 0.05) is 24.7 Å².